The predicted molar refractivity (Wildman–Crippen MR) is 102 cm³/mol. The SMILES string of the molecule is CCCCCCCCN1C(=O)CS/C1=C1\SC(=S)N(CC)C1=O. The highest BCUT2D eigenvalue weighted by Crippen LogP contribution is 2.41. The molecule has 0 unspecified atom stereocenters. The zero-order chi connectivity index (χ0) is 16.8. The average molecular weight is 373 g/mol. The molecular formula is C16H24N2O2S3. The quantitative estimate of drug-likeness (QED) is 0.366. The van der Waals surface area contributed by atoms with E-state index in [0.29, 0.717) is 28.1 Å². The van der Waals surface area contributed by atoms with E-state index in [0.717, 1.165) is 17.9 Å². The van der Waals surface area contributed by atoms with Crippen LogP contribution in [0.1, 0.15) is 52.4 Å². The molecule has 2 fully saturated rings. The number of thiocarbonyl (C=S) groups is 1. The molecule has 0 bridgehead atoms. The van der Waals surface area contributed by atoms with E-state index in [4.69, 9.17) is 12.2 Å². The van der Waals surface area contributed by atoms with Crippen molar-refractivity contribution in [1.29, 1.82) is 0 Å². The van der Waals surface area contributed by atoms with Crippen LogP contribution < -0.4 is 0 Å². The molecule has 2 heterocycles. The van der Waals surface area contributed by atoms with Crippen LogP contribution in [0.5, 0.6) is 0 Å². The van der Waals surface area contributed by atoms with E-state index < -0.39 is 0 Å². The number of nitrogens with zero attached hydrogens (tertiary/aromatic N) is 2. The molecule has 2 saturated heterocycles. The lowest BCUT2D eigenvalue weighted by atomic mass is 10.1. The third kappa shape index (κ3) is 4.51. The summed E-state index contributed by atoms with van der Waals surface area (Å²) in [4.78, 5) is 28.6. The molecule has 0 aliphatic carbocycles. The molecular weight excluding hydrogens is 348 g/mol. The van der Waals surface area contributed by atoms with Crippen LogP contribution in [0.3, 0.4) is 0 Å². The third-order valence-corrected chi connectivity index (χ3v) is 6.63. The molecule has 0 atom stereocenters. The Morgan fingerprint density at radius 2 is 1.74 bits per heavy atom. The normalized spacial score (nSPS) is 21.9. The zero-order valence-corrected chi connectivity index (χ0v) is 16.2. The highest BCUT2D eigenvalue weighted by atomic mass is 32.2. The van der Waals surface area contributed by atoms with Crippen molar-refractivity contribution in [3.63, 3.8) is 0 Å². The summed E-state index contributed by atoms with van der Waals surface area (Å²) in [6.07, 6.45) is 7.14. The van der Waals surface area contributed by atoms with E-state index in [-0.39, 0.29) is 11.8 Å². The van der Waals surface area contributed by atoms with Crippen molar-refractivity contribution >= 4 is 51.9 Å². The monoisotopic (exact) mass is 372 g/mol. The van der Waals surface area contributed by atoms with E-state index in [1.807, 2.05) is 6.92 Å². The third-order valence-electron chi connectivity index (χ3n) is 3.97. The molecule has 7 heteroatoms. The van der Waals surface area contributed by atoms with E-state index in [1.165, 1.54) is 49.2 Å². The van der Waals surface area contributed by atoms with Crippen LogP contribution in [0, 0.1) is 0 Å². The van der Waals surface area contributed by atoms with Crippen LogP contribution in [-0.2, 0) is 9.59 Å². The van der Waals surface area contributed by atoms with Crippen molar-refractivity contribution < 1.29 is 9.59 Å². The van der Waals surface area contributed by atoms with Gasteiger partial charge in [0.15, 0.2) is 0 Å². The molecule has 2 aliphatic heterocycles. The van der Waals surface area contributed by atoms with Crippen molar-refractivity contribution in [2.75, 3.05) is 18.8 Å². The molecule has 0 saturated carbocycles. The Hall–Kier alpha value is -0.530. The Labute approximate surface area is 152 Å². The second kappa shape index (κ2) is 9.08. The molecule has 0 spiro atoms. The summed E-state index contributed by atoms with van der Waals surface area (Å²) < 4.78 is 0.597. The van der Waals surface area contributed by atoms with E-state index in [2.05, 4.69) is 6.92 Å². The van der Waals surface area contributed by atoms with E-state index >= 15 is 0 Å². The second-order valence-electron chi connectivity index (χ2n) is 5.65. The minimum Gasteiger partial charge on any atom is -0.305 e. The average Bonchev–Trinajstić information content (AvgIpc) is 3.03. The number of hydrogen-bond acceptors (Lipinski definition) is 5. The number of carbonyl (C=O) groups is 2. The maximum Gasteiger partial charge on any atom is 0.268 e. The summed E-state index contributed by atoms with van der Waals surface area (Å²) in [5.41, 5.74) is 0. The first-order valence-corrected chi connectivity index (χ1v) is 10.5. The first kappa shape index (κ1) is 18.8. The molecule has 23 heavy (non-hydrogen) atoms. The van der Waals surface area contributed by atoms with Crippen LogP contribution >= 0.6 is 35.7 Å². The molecule has 128 valence electrons. The fourth-order valence-electron chi connectivity index (χ4n) is 2.66. The number of rotatable bonds is 8. The maximum absolute atomic E-state index is 12.4. The highest BCUT2D eigenvalue weighted by molar-refractivity contribution is 8.27. The van der Waals surface area contributed by atoms with Gasteiger partial charge in [-0.2, -0.15) is 0 Å². The van der Waals surface area contributed by atoms with Gasteiger partial charge in [-0.15, -0.1) is 0 Å². The number of thioether (sulfide) groups is 2. The number of hydrogen-bond donors (Lipinski definition) is 0. The molecule has 0 aromatic rings. The molecule has 2 rings (SSSR count). The summed E-state index contributed by atoms with van der Waals surface area (Å²) in [6, 6.07) is 0. The van der Waals surface area contributed by atoms with Crippen LogP contribution in [0.15, 0.2) is 9.93 Å². The van der Waals surface area contributed by atoms with Crippen molar-refractivity contribution in [2.45, 2.75) is 52.4 Å². The molecule has 0 N–H and O–H groups in total. The van der Waals surface area contributed by atoms with E-state index in [9.17, 15) is 9.59 Å². The summed E-state index contributed by atoms with van der Waals surface area (Å²) in [5, 5.41) is 0.817. The predicted octanol–water partition coefficient (Wildman–Crippen LogP) is 3.97. The zero-order valence-electron chi connectivity index (χ0n) is 13.8. The molecule has 0 aromatic heterocycles. The lowest BCUT2D eigenvalue weighted by molar-refractivity contribution is -0.125. The summed E-state index contributed by atoms with van der Waals surface area (Å²) in [5.74, 6) is 0.495. The van der Waals surface area contributed by atoms with Gasteiger partial charge in [-0.1, -0.05) is 74.8 Å². The Morgan fingerprint density at radius 3 is 2.39 bits per heavy atom. The van der Waals surface area contributed by atoms with Crippen LogP contribution in [-0.4, -0.2) is 44.8 Å². The number of carbonyl (C=O) groups excluding carboxylic acids is 2. The van der Waals surface area contributed by atoms with Gasteiger partial charge in [0.05, 0.1) is 10.8 Å². The summed E-state index contributed by atoms with van der Waals surface area (Å²) in [6.45, 7) is 5.42. The number of likely N-dealkylation sites (N-methyl/N-ethyl adjacent to an activating group) is 1. The van der Waals surface area contributed by atoms with Gasteiger partial charge in [0.25, 0.3) is 5.91 Å². The van der Waals surface area contributed by atoms with Crippen LogP contribution in [0.25, 0.3) is 0 Å². The minimum atomic E-state index is -0.0485. The fraction of sp³-hybridized carbons (Fsp3) is 0.688. The topological polar surface area (TPSA) is 40.6 Å². The van der Waals surface area contributed by atoms with Crippen molar-refractivity contribution in [1.82, 2.24) is 9.80 Å². The number of unbranched alkanes of at least 4 members (excludes halogenated alkanes) is 5. The first-order chi connectivity index (χ1) is 11.1. The van der Waals surface area contributed by atoms with Crippen molar-refractivity contribution in [2.24, 2.45) is 0 Å². The second-order valence-corrected chi connectivity index (χ2v) is 8.26. The van der Waals surface area contributed by atoms with E-state index in [1.54, 1.807) is 9.80 Å². The van der Waals surface area contributed by atoms with Gasteiger partial charge in [-0.05, 0) is 13.3 Å². The van der Waals surface area contributed by atoms with Gasteiger partial charge in [-0.25, -0.2) is 0 Å². The lowest BCUT2D eigenvalue weighted by Crippen LogP contribution is -2.29. The van der Waals surface area contributed by atoms with Crippen LogP contribution in [0.2, 0.25) is 0 Å². The maximum atomic E-state index is 12.4. The molecule has 0 radical (unpaired) electrons. The molecule has 2 amide bonds. The smallest absolute Gasteiger partial charge is 0.268 e. The van der Waals surface area contributed by atoms with Crippen LogP contribution in [0.4, 0.5) is 0 Å². The van der Waals surface area contributed by atoms with Gasteiger partial charge in [0, 0.05) is 13.1 Å². The largest absolute Gasteiger partial charge is 0.305 e. The van der Waals surface area contributed by atoms with Crippen molar-refractivity contribution in [3.05, 3.63) is 9.93 Å². The standard InChI is InChI=1S/C16H24N2O2S3/c1-3-5-6-7-8-9-10-18-12(19)11-22-15(18)13-14(20)17(4-2)16(21)23-13/h3-11H2,1-2H3/b15-13-. The first-order valence-electron chi connectivity index (χ1n) is 8.31. The summed E-state index contributed by atoms with van der Waals surface area (Å²) >= 11 is 8.07. The lowest BCUT2D eigenvalue weighted by Gasteiger charge is -2.18. The Bertz CT molecular complexity index is 519. The number of amides is 2. The van der Waals surface area contributed by atoms with Gasteiger partial charge < -0.3 is 4.90 Å². The molecule has 0 aromatic carbocycles. The molecule has 4 nitrogen and oxygen atoms in total. The fourth-order valence-corrected chi connectivity index (χ4v) is 5.30. The highest BCUT2D eigenvalue weighted by Gasteiger charge is 2.38. The van der Waals surface area contributed by atoms with Crippen molar-refractivity contribution in [3.8, 4) is 0 Å². The van der Waals surface area contributed by atoms with Gasteiger partial charge in [0.2, 0.25) is 5.91 Å². The Balaban J connectivity index is 1.98. The van der Waals surface area contributed by atoms with Gasteiger partial charge in [-0.3, -0.25) is 14.5 Å². The minimum absolute atomic E-state index is 0.0485. The Morgan fingerprint density at radius 1 is 1.04 bits per heavy atom. The molecule has 2 aliphatic rings. The summed E-state index contributed by atoms with van der Waals surface area (Å²) in [7, 11) is 0. The van der Waals surface area contributed by atoms with Gasteiger partial charge >= 0.3 is 0 Å². The van der Waals surface area contributed by atoms with Gasteiger partial charge in [0.1, 0.15) is 9.23 Å². The Kier molecular flexibility index (Phi) is 7.43.